The number of guanidine groups is 1. The van der Waals surface area contributed by atoms with Crippen LogP contribution in [0.1, 0.15) is 40.0 Å². The third-order valence-electron chi connectivity index (χ3n) is 5.27. The third kappa shape index (κ3) is 4.95. The van der Waals surface area contributed by atoms with Crippen LogP contribution in [0.4, 0.5) is 0 Å². The molecule has 3 aliphatic rings. The molecule has 3 rings (SSSR count). The molecule has 7 heteroatoms. The number of morpholine rings is 1. The van der Waals surface area contributed by atoms with E-state index in [9.17, 15) is 0 Å². The summed E-state index contributed by atoms with van der Waals surface area (Å²) in [4.78, 5) is 7.32. The number of hydrogen-bond acceptors (Lipinski definition) is 4. The van der Waals surface area contributed by atoms with E-state index in [2.05, 4.69) is 36.3 Å². The lowest BCUT2D eigenvalue weighted by atomic mass is 9.96. The Bertz CT molecular complexity index is 423. The summed E-state index contributed by atoms with van der Waals surface area (Å²) in [7, 11) is 0. The molecular formula is C17H33IN4O2. The maximum Gasteiger partial charge on any atom is 0.191 e. The van der Waals surface area contributed by atoms with Gasteiger partial charge in [-0.3, -0.25) is 9.89 Å². The van der Waals surface area contributed by atoms with E-state index in [4.69, 9.17) is 14.5 Å². The van der Waals surface area contributed by atoms with Gasteiger partial charge in [-0.2, -0.15) is 0 Å². The number of nitrogens with one attached hydrogen (secondary N) is 2. The molecule has 3 saturated heterocycles. The van der Waals surface area contributed by atoms with Crippen LogP contribution in [0, 0.1) is 0 Å². The Kier molecular flexibility index (Phi) is 8.03. The van der Waals surface area contributed by atoms with Gasteiger partial charge in [-0.15, -0.1) is 24.0 Å². The van der Waals surface area contributed by atoms with Gasteiger partial charge in [-0.25, -0.2) is 0 Å². The van der Waals surface area contributed by atoms with Gasteiger partial charge in [-0.05, 0) is 40.0 Å². The van der Waals surface area contributed by atoms with Crippen molar-refractivity contribution in [3.63, 3.8) is 0 Å². The minimum absolute atomic E-state index is 0. The smallest absolute Gasteiger partial charge is 0.191 e. The molecule has 0 saturated carbocycles. The van der Waals surface area contributed by atoms with Crippen LogP contribution in [-0.2, 0) is 9.47 Å². The van der Waals surface area contributed by atoms with Crippen LogP contribution in [0.3, 0.4) is 0 Å². The molecule has 0 radical (unpaired) electrons. The second-order valence-corrected chi connectivity index (χ2v) is 7.09. The maximum atomic E-state index is 5.93. The Labute approximate surface area is 163 Å². The number of hydrogen-bond donors (Lipinski definition) is 2. The largest absolute Gasteiger partial charge is 0.379 e. The highest BCUT2D eigenvalue weighted by Crippen LogP contribution is 2.34. The minimum Gasteiger partial charge on any atom is -0.379 e. The average Bonchev–Trinajstić information content (AvgIpc) is 3.16. The average molecular weight is 452 g/mol. The van der Waals surface area contributed by atoms with Crippen molar-refractivity contribution in [2.24, 2.45) is 4.99 Å². The normalized spacial score (nSPS) is 34.7. The number of halogens is 1. The minimum atomic E-state index is 0. The molecule has 140 valence electrons. The molecule has 0 spiro atoms. The van der Waals surface area contributed by atoms with Gasteiger partial charge in [0.15, 0.2) is 5.96 Å². The fraction of sp³-hybridized carbons (Fsp3) is 0.941. The molecular weight excluding hydrogens is 419 g/mol. The van der Waals surface area contributed by atoms with E-state index in [1.807, 2.05) is 0 Å². The number of fused-ring (bicyclic) bond motifs is 2. The van der Waals surface area contributed by atoms with Crippen LogP contribution in [0.15, 0.2) is 4.99 Å². The highest BCUT2D eigenvalue weighted by molar-refractivity contribution is 14.0. The summed E-state index contributed by atoms with van der Waals surface area (Å²) in [5, 5.41) is 6.97. The van der Waals surface area contributed by atoms with Crippen LogP contribution in [-0.4, -0.2) is 74.0 Å². The van der Waals surface area contributed by atoms with E-state index in [0.29, 0.717) is 30.3 Å². The number of rotatable bonds is 5. The standard InChI is InChI=1S/C17H32N4O2.HI/c1-4-18-17(20-15-9-14-5-6-16(15)23-14)19-10-12(2)21-7-8-22-11-13(21)3;/h12-16H,4-11H2,1-3H3,(H2,18,19,20);1H. The Morgan fingerprint density at radius 3 is 2.83 bits per heavy atom. The molecule has 3 fully saturated rings. The quantitative estimate of drug-likeness (QED) is 0.377. The molecule has 0 aromatic carbocycles. The van der Waals surface area contributed by atoms with Crippen molar-refractivity contribution in [1.29, 1.82) is 0 Å². The first kappa shape index (κ1) is 20.2. The topological polar surface area (TPSA) is 58.1 Å². The monoisotopic (exact) mass is 452 g/mol. The summed E-state index contributed by atoms with van der Waals surface area (Å²) in [5.41, 5.74) is 0. The second kappa shape index (κ2) is 9.54. The zero-order valence-corrected chi connectivity index (χ0v) is 17.5. The molecule has 3 heterocycles. The number of ether oxygens (including phenoxy) is 2. The van der Waals surface area contributed by atoms with Crippen LogP contribution in [0.25, 0.3) is 0 Å². The first-order chi connectivity index (χ1) is 11.2. The number of aliphatic imine (C=N–C) groups is 1. The van der Waals surface area contributed by atoms with Gasteiger partial charge >= 0.3 is 0 Å². The molecule has 6 nitrogen and oxygen atoms in total. The van der Waals surface area contributed by atoms with Gasteiger partial charge in [0.2, 0.25) is 0 Å². The highest BCUT2D eigenvalue weighted by atomic mass is 127. The molecule has 5 atom stereocenters. The molecule has 2 N–H and O–H groups in total. The van der Waals surface area contributed by atoms with Gasteiger partial charge in [0.05, 0.1) is 38.0 Å². The van der Waals surface area contributed by atoms with E-state index in [1.54, 1.807) is 0 Å². The number of nitrogens with zero attached hydrogens (tertiary/aromatic N) is 2. The summed E-state index contributed by atoms with van der Waals surface area (Å²) in [6, 6.07) is 1.33. The van der Waals surface area contributed by atoms with Crippen LogP contribution < -0.4 is 10.6 Å². The fourth-order valence-corrected chi connectivity index (χ4v) is 4.01. The van der Waals surface area contributed by atoms with Crippen LogP contribution in [0.5, 0.6) is 0 Å². The van der Waals surface area contributed by atoms with Gasteiger partial charge in [-0.1, -0.05) is 0 Å². The Balaban J connectivity index is 0.00000208. The van der Waals surface area contributed by atoms with Crippen LogP contribution in [0.2, 0.25) is 0 Å². The molecule has 0 aliphatic carbocycles. The summed E-state index contributed by atoms with van der Waals surface area (Å²) in [6.45, 7) is 11.0. The van der Waals surface area contributed by atoms with Gasteiger partial charge < -0.3 is 20.1 Å². The molecule has 0 aromatic heterocycles. The second-order valence-electron chi connectivity index (χ2n) is 7.09. The summed E-state index contributed by atoms with van der Waals surface area (Å²) in [6.07, 6.45) is 4.37. The summed E-state index contributed by atoms with van der Waals surface area (Å²) in [5.74, 6) is 0.932. The molecule has 2 bridgehead atoms. The van der Waals surface area contributed by atoms with Crippen molar-refractivity contribution in [1.82, 2.24) is 15.5 Å². The lowest BCUT2D eigenvalue weighted by molar-refractivity contribution is -0.0166. The van der Waals surface area contributed by atoms with Crippen molar-refractivity contribution in [2.45, 2.75) is 70.4 Å². The summed E-state index contributed by atoms with van der Waals surface area (Å²) < 4.78 is 11.5. The van der Waals surface area contributed by atoms with Gasteiger partial charge in [0.25, 0.3) is 0 Å². The highest BCUT2D eigenvalue weighted by Gasteiger charge is 2.41. The van der Waals surface area contributed by atoms with Crippen molar-refractivity contribution >= 4 is 29.9 Å². The zero-order valence-electron chi connectivity index (χ0n) is 15.2. The Hall–Kier alpha value is -0.120. The predicted molar refractivity (Wildman–Crippen MR) is 107 cm³/mol. The zero-order chi connectivity index (χ0) is 16.2. The SMILES string of the molecule is CCNC(=NCC(C)N1CCOCC1C)NC1CC2CCC1O2.I. The van der Waals surface area contributed by atoms with E-state index in [-0.39, 0.29) is 24.0 Å². The van der Waals surface area contributed by atoms with E-state index < -0.39 is 0 Å². The van der Waals surface area contributed by atoms with Crippen LogP contribution >= 0.6 is 24.0 Å². The Morgan fingerprint density at radius 2 is 2.21 bits per heavy atom. The van der Waals surface area contributed by atoms with E-state index in [1.165, 1.54) is 12.8 Å². The van der Waals surface area contributed by atoms with Gasteiger partial charge in [0, 0.05) is 25.2 Å². The van der Waals surface area contributed by atoms with Crippen molar-refractivity contribution in [3.05, 3.63) is 0 Å². The molecule has 5 unspecified atom stereocenters. The Morgan fingerprint density at radius 1 is 1.38 bits per heavy atom. The lowest BCUT2D eigenvalue weighted by Crippen LogP contribution is -2.50. The summed E-state index contributed by atoms with van der Waals surface area (Å²) >= 11 is 0. The third-order valence-corrected chi connectivity index (χ3v) is 5.27. The van der Waals surface area contributed by atoms with Gasteiger partial charge in [0.1, 0.15) is 0 Å². The van der Waals surface area contributed by atoms with Crippen molar-refractivity contribution in [3.8, 4) is 0 Å². The first-order valence-corrected chi connectivity index (χ1v) is 9.21. The van der Waals surface area contributed by atoms with Crippen molar-refractivity contribution in [2.75, 3.05) is 32.8 Å². The van der Waals surface area contributed by atoms with E-state index >= 15 is 0 Å². The molecule has 0 amide bonds. The predicted octanol–water partition coefficient (Wildman–Crippen LogP) is 1.59. The fourth-order valence-electron chi connectivity index (χ4n) is 4.01. The maximum absolute atomic E-state index is 5.93. The molecule has 0 aromatic rings. The molecule has 24 heavy (non-hydrogen) atoms. The first-order valence-electron chi connectivity index (χ1n) is 9.21. The van der Waals surface area contributed by atoms with Crippen molar-refractivity contribution < 1.29 is 9.47 Å². The lowest BCUT2D eigenvalue weighted by Gasteiger charge is -2.37. The molecule has 3 aliphatic heterocycles. The van der Waals surface area contributed by atoms with E-state index in [0.717, 1.165) is 45.2 Å².